The molecular weight excluding hydrogens is 275 g/mol. The lowest BCUT2D eigenvalue weighted by atomic mass is 10.0. The van der Waals surface area contributed by atoms with Gasteiger partial charge in [-0.3, -0.25) is 0 Å². The van der Waals surface area contributed by atoms with E-state index in [1.54, 1.807) is 0 Å². The summed E-state index contributed by atoms with van der Waals surface area (Å²) in [6.07, 6.45) is 1.30. The Labute approximate surface area is 124 Å². The minimum absolute atomic E-state index is 0.324. The zero-order valence-electron chi connectivity index (χ0n) is 11.4. The summed E-state index contributed by atoms with van der Waals surface area (Å²) in [6, 6.07) is 12.5. The van der Waals surface area contributed by atoms with Gasteiger partial charge in [-0.2, -0.15) is 0 Å². The van der Waals surface area contributed by atoms with Gasteiger partial charge in [0.05, 0.1) is 6.10 Å². The summed E-state index contributed by atoms with van der Waals surface area (Å²) in [5, 5.41) is 10.6. The topological polar surface area (TPSA) is 20.2 Å². The van der Waals surface area contributed by atoms with Crippen LogP contribution in [0.15, 0.2) is 42.5 Å². The van der Waals surface area contributed by atoms with E-state index in [9.17, 15) is 9.50 Å². The van der Waals surface area contributed by atoms with E-state index >= 15 is 0 Å². The van der Waals surface area contributed by atoms with Gasteiger partial charge < -0.3 is 5.11 Å². The van der Waals surface area contributed by atoms with E-state index in [0.29, 0.717) is 23.4 Å². The van der Waals surface area contributed by atoms with Crippen molar-refractivity contribution in [2.24, 2.45) is 0 Å². The summed E-state index contributed by atoms with van der Waals surface area (Å²) in [6.45, 7) is 2.05. The highest BCUT2D eigenvalue weighted by molar-refractivity contribution is 6.31. The van der Waals surface area contributed by atoms with Crippen molar-refractivity contribution in [1.29, 1.82) is 0 Å². The first-order valence-corrected chi connectivity index (χ1v) is 7.10. The fraction of sp³-hybridized carbons (Fsp3) is 0.294. The first kappa shape index (κ1) is 15.0. The molecule has 2 rings (SSSR count). The van der Waals surface area contributed by atoms with Crippen molar-refractivity contribution in [3.63, 3.8) is 0 Å². The lowest BCUT2D eigenvalue weighted by Gasteiger charge is -2.12. The number of rotatable bonds is 5. The molecule has 1 unspecified atom stereocenters. The molecule has 0 amide bonds. The Balaban J connectivity index is 1.92. The SMILES string of the molecule is Cc1cccc(CCC(O)Cc2cc(F)ccc2Cl)c1. The Morgan fingerprint density at radius 1 is 1.20 bits per heavy atom. The predicted molar refractivity (Wildman–Crippen MR) is 80.6 cm³/mol. The van der Waals surface area contributed by atoms with E-state index in [0.717, 1.165) is 6.42 Å². The molecule has 0 fully saturated rings. The van der Waals surface area contributed by atoms with Crippen molar-refractivity contribution in [2.45, 2.75) is 32.3 Å². The van der Waals surface area contributed by atoms with Gasteiger partial charge in [-0.1, -0.05) is 41.4 Å². The predicted octanol–water partition coefficient (Wildman–Crippen LogP) is 4.32. The second-order valence-electron chi connectivity index (χ2n) is 5.12. The molecule has 0 heterocycles. The fourth-order valence-corrected chi connectivity index (χ4v) is 2.45. The van der Waals surface area contributed by atoms with E-state index in [1.807, 2.05) is 19.1 Å². The van der Waals surface area contributed by atoms with E-state index in [4.69, 9.17) is 11.6 Å². The van der Waals surface area contributed by atoms with E-state index < -0.39 is 6.10 Å². The Morgan fingerprint density at radius 2 is 2.00 bits per heavy atom. The Morgan fingerprint density at radius 3 is 2.75 bits per heavy atom. The van der Waals surface area contributed by atoms with Gasteiger partial charge in [-0.05, 0) is 55.5 Å². The minimum atomic E-state index is -0.519. The van der Waals surface area contributed by atoms with Crippen LogP contribution in [0, 0.1) is 12.7 Å². The van der Waals surface area contributed by atoms with Gasteiger partial charge in [0.15, 0.2) is 0 Å². The van der Waals surface area contributed by atoms with Crippen LogP contribution in [0.4, 0.5) is 4.39 Å². The summed E-state index contributed by atoms with van der Waals surface area (Å²) in [4.78, 5) is 0. The van der Waals surface area contributed by atoms with Gasteiger partial charge in [0.1, 0.15) is 5.82 Å². The summed E-state index contributed by atoms with van der Waals surface area (Å²) < 4.78 is 13.2. The van der Waals surface area contributed by atoms with Gasteiger partial charge in [0.2, 0.25) is 0 Å². The molecule has 3 heteroatoms. The van der Waals surface area contributed by atoms with E-state index in [2.05, 4.69) is 12.1 Å². The Bertz CT molecular complexity index is 583. The van der Waals surface area contributed by atoms with Crippen molar-refractivity contribution in [3.05, 3.63) is 70.0 Å². The zero-order chi connectivity index (χ0) is 14.5. The Kier molecular flexibility index (Phi) is 5.16. The quantitative estimate of drug-likeness (QED) is 0.870. The molecular formula is C17H18ClFO. The summed E-state index contributed by atoms with van der Waals surface area (Å²) >= 11 is 6.00. The van der Waals surface area contributed by atoms with Gasteiger partial charge >= 0.3 is 0 Å². The van der Waals surface area contributed by atoms with Gasteiger partial charge in [0, 0.05) is 5.02 Å². The maximum absolute atomic E-state index is 13.2. The number of aliphatic hydroxyl groups excluding tert-OH is 1. The standard InChI is InChI=1S/C17H18ClFO/c1-12-3-2-4-13(9-12)5-7-16(20)11-14-10-15(19)6-8-17(14)18/h2-4,6,8-10,16,20H,5,7,11H2,1H3. The van der Waals surface area contributed by atoms with Crippen LogP contribution in [0.1, 0.15) is 23.1 Å². The molecule has 0 aliphatic rings. The van der Waals surface area contributed by atoms with Gasteiger partial charge in [-0.25, -0.2) is 4.39 Å². The van der Waals surface area contributed by atoms with Crippen LogP contribution < -0.4 is 0 Å². The lowest BCUT2D eigenvalue weighted by molar-refractivity contribution is 0.165. The summed E-state index contributed by atoms with van der Waals surface area (Å²) in [5.41, 5.74) is 3.07. The van der Waals surface area contributed by atoms with Crippen LogP contribution in [0.3, 0.4) is 0 Å². The number of aryl methyl sites for hydroxylation is 2. The highest BCUT2D eigenvalue weighted by atomic mass is 35.5. The average molecular weight is 293 g/mol. The van der Waals surface area contributed by atoms with Gasteiger partial charge in [0.25, 0.3) is 0 Å². The number of hydrogen-bond acceptors (Lipinski definition) is 1. The maximum Gasteiger partial charge on any atom is 0.123 e. The fourth-order valence-electron chi connectivity index (χ4n) is 2.26. The first-order valence-electron chi connectivity index (χ1n) is 6.72. The van der Waals surface area contributed by atoms with Crippen LogP contribution >= 0.6 is 11.6 Å². The molecule has 106 valence electrons. The molecule has 0 aliphatic carbocycles. The monoisotopic (exact) mass is 292 g/mol. The molecule has 0 bridgehead atoms. The minimum Gasteiger partial charge on any atom is -0.393 e. The second kappa shape index (κ2) is 6.87. The zero-order valence-corrected chi connectivity index (χ0v) is 12.2. The third-order valence-electron chi connectivity index (χ3n) is 3.31. The highest BCUT2D eigenvalue weighted by Gasteiger charge is 2.10. The smallest absolute Gasteiger partial charge is 0.123 e. The number of hydrogen-bond donors (Lipinski definition) is 1. The first-order chi connectivity index (χ1) is 9.54. The lowest BCUT2D eigenvalue weighted by Crippen LogP contribution is -2.12. The number of benzene rings is 2. The summed E-state index contributed by atoms with van der Waals surface area (Å²) in [5.74, 6) is -0.324. The van der Waals surface area contributed by atoms with Crippen LogP contribution in [0.25, 0.3) is 0 Å². The molecule has 20 heavy (non-hydrogen) atoms. The molecule has 2 aromatic carbocycles. The molecule has 0 aromatic heterocycles. The molecule has 0 spiro atoms. The number of halogens is 2. The van der Waals surface area contributed by atoms with Gasteiger partial charge in [-0.15, -0.1) is 0 Å². The maximum atomic E-state index is 13.2. The molecule has 1 nitrogen and oxygen atoms in total. The molecule has 0 aliphatic heterocycles. The molecule has 0 radical (unpaired) electrons. The van der Waals surface area contributed by atoms with Crippen molar-refractivity contribution in [2.75, 3.05) is 0 Å². The largest absolute Gasteiger partial charge is 0.393 e. The molecule has 0 saturated carbocycles. The van der Waals surface area contributed by atoms with E-state index in [1.165, 1.54) is 29.3 Å². The van der Waals surface area contributed by atoms with Crippen molar-refractivity contribution in [1.82, 2.24) is 0 Å². The molecule has 1 N–H and O–H groups in total. The average Bonchev–Trinajstić information content (AvgIpc) is 2.41. The van der Waals surface area contributed by atoms with Crippen LogP contribution in [-0.4, -0.2) is 11.2 Å². The molecule has 1 atom stereocenters. The third-order valence-corrected chi connectivity index (χ3v) is 3.68. The normalized spacial score (nSPS) is 12.4. The van der Waals surface area contributed by atoms with Crippen LogP contribution in [-0.2, 0) is 12.8 Å². The van der Waals surface area contributed by atoms with Crippen molar-refractivity contribution >= 4 is 11.6 Å². The van der Waals surface area contributed by atoms with E-state index in [-0.39, 0.29) is 5.82 Å². The Hall–Kier alpha value is -1.38. The molecule has 0 saturated heterocycles. The second-order valence-corrected chi connectivity index (χ2v) is 5.53. The van der Waals surface area contributed by atoms with Crippen molar-refractivity contribution in [3.8, 4) is 0 Å². The molecule has 2 aromatic rings. The van der Waals surface area contributed by atoms with Crippen LogP contribution in [0.2, 0.25) is 5.02 Å². The third kappa shape index (κ3) is 4.32. The van der Waals surface area contributed by atoms with Crippen LogP contribution in [0.5, 0.6) is 0 Å². The van der Waals surface area contributed by atoms with Crippen molar-refractivity contribution < 1.29 is 9.50 Å². The summed E-state index contributed by atoms with van der Waals surface area (Å²) in [7, 11) is 0. The highest BCUT2D eigenvalue weighted by Crippen LogP contribution is 2.20. The number of aliphatic hydroxyl groups is 1.